The molecule has 0 radical (unpaired) electrons. The minimum atomic E-state index is -0.147. The van der Waals surface area contributed by atoms with Crippen LogP contribution in [-0.2, 0) is 17.8 Å². The zero-order chi connectivity index (χ0) is 15.4. The van der Waals surface area contributed by atoms with Crippen LogP contribution in [0.1, 0.15) is 57.8 Å². The van der Waals surface area contributed by atoms with Crippen LogP contribution in [0.4, 0.5) is 0 Å². The lowest BCUT2D eigenvalue weighted by Crippen LogP contribution is -2.46. The minimum Gasteiger partial charge on any atom is -0.342 e. The maximum absolute atomic E-state index is 12.4. The van der Waals surface area contributed by atoms with Gasteiger partial charge in [0.1, 0.15) is 0 Å². The predicted molar refractivity (Wildman–Crippen MR) is 84.1 cm³/mol. The Balaban J connectivity index is 2.07. The molecule has 21 heavy (non-hydrogen) atoms. The van der Waals surface area contributed by atoms with Crippen molar-refractivity contribution in [2.24, 2.45) is 0 Å². The number of aryl methyl sites for hydroxylation is 1. The Morgan fingerprint density at radius 3 is 2.81 bits per heavy atom. The molecule has 1 aliphatic rings. The van der Waals surface area contributed by atoms with Crippen molar-refractivity contribution in [3.63, 3.8) is 0 Å². The number of amides is 1. The van der Waals surface area contributed by atoms with Crippen LogP contribution in [0.2, 0.25) is 0 Å². The first-order valence-corrected chi connectivity index (χ1v) is 8.21. The lowest BCUT2D eigenvalue weighted by molar-refractivity contribution is -0.132. The van der Waals surface area contributed by atoms with Gasteiger partial charge in [-0.1, -0.05) is 0 Å². The second-order valence-corrected chi connectivity index (χ2v) is 5.71. The van der Waals surface area contributed by atoms with Crippen molar-refractivity contribution in [1.82, 2.24) is 20.0 Å². The van der Waals surface area contributed by atoms with E-state index in [1.54, 1.807) is 0 Å². The number of rotatable bonds is 6. The van der Waals surface area contributed by atoms with Gasteiger partial charge in [0.25, 0.3) is 0 Å². The monoisotopic (exact) mass is 292 g/mol. The molecule has 0 unspecified atom stereocenters. The fourth-order valence-electron chi connectivity index (χ4n) is 3.25. The maximum Gasteiger partial charge on any atom is 0.239 e. The Labute approximate surface area is 127 Å². The number of likely N-dealkylation sites (N-methyl/N-ethyl adjacent to an activating group) is 1. The van der Waals surface area contributed by atoms with Gasteiger partial charge in [-0.3, -0.25) is 14.8 Å². The third-order valence-electron chi connectivity index (χ3n) is 4.46. The standard InChI is InChI=1S/C16H28N4O/c1-5-19(6-2)16(21)12(4)18-14-9-8-10-15-13(14)11-17-20(15)7-3/h11-12,14,18H,5-10H2,1-4H3/t12-,14-/m0/s1. The fourth-order valence-corrected chi connectivity index (χ4v) is 3.25. The zero-order valence-corrected chi connectivity index (χ0v) is 13.7. The molecule has 2 rings (SSSR count). The summed E-state index contributed by atoms with van der Waals surface area (Å²) in [5.41, 5.74) is 2.62. The molecular weight excluding hydrogens is 264 g/mol. The summed E-state index contributed by atoms with van der Waals surface area (Å²) in [6.07, 6.45) is 5.31. The van der Waals surface area contributed by atoms with E-state index in [1.165, 1.54) is 11.3 Å². The Hall–Kier alpha value is -1.36. The van der Waals surface area contributed by atoms with Gasteiger partial charge in [0, 0.05) is 36.9 Å². The van der Waals surface area contributed by atoms with Crippen molar-refractivity contribution in [3.05, 3.63) is 17.5 Å². The van der Waals surface area contributed by atoms with Crippen LogP contribution in [0.5, 0.6) is 0 Å². The zero-order valence-electron chi connectivity index (χ0n) is 13.7. The van der Waals surface area contributed by atoms with Crippen molar-refractivity contribution in [3.8, 4) is 0 Å². The number of hydrogen-bond donors (Lipinski definition) is 1. The van der Waals surface area contributed by atoms with Crippen LogP contribution in [0.25, 0.3) is 0 Å². The first-order valence-electron chi connectivity index (χ1n) is 8.21. The molecule has 5 nitrogen and oxygen atoms in total. The molecule has 2 atom stereocenters. The molecule has 0 saturated carbocycles. The number of nitrogens with zero attached hydrogens (tertiary/aromatic N) is 3. The summed E-state index contributed by atoms with van der Waals surface area (Å²) >= 11 is 0. The predicted octanol–water partition coefficient (Wildman–Crippen LogP) is 2.13. The molecule has 1 N–H and O–H groups in total. The van der Waals surface area contributed by atoms with Crippen LogP contribution >= 0.6 is 0 Å². The third kappa shape index (κ3) is 3.28. The molecule has 0 saturated heterocycles. The highest BCUT2D eigenvalue weighted by atomic mass is 16.2. The van der Waals surface area contributed by atoms with Crippen LogP contribution in [0.15, 0.2) is 6.20 Å². The topological polar surface area (TPSA) is 50.2 Å². The molecular formula is C16H28N4O. The van der Waals surface area contributed by atoms with E-state index >= 15 is 0 Å². The van der Waals surface area contributed by atoms with E-state index in [4.69, 9.17) is 0 Å². The summed E-state index contributed by atoms with van der Waals surface area (Å²) < 4.78 is 2.08. The lowest BCUT2D eigenvalue weighted by Gasteiger charge is -2.29. The van der Waals surface area contributed by atoms with Gasteiger partial charge in [-0.2, -0.15) is 5.10 Å². The van der Waals surface area contributed by atoms with Crippen molar-refractivity contribution in [2.45, 2.75) is 65.6 Å². The van der Waals surface area contributed by atoms with E-state index in [0.717, 1.165) is 38.9 Å². The summed E-state index contributed by atoms with van der Waals surface area (Å²) in [5.74, 6) is 0.190. The molecule has 118 valence electrons. The van der Waals surface area contributed by atoms with Crippen molar-refractivity contribution >= 4 is 5.91 Å². The number of carbonyl (C=O) groups excluding carboxylic acids is 1. The summed E-state index contributed by atoms with van der Waals surface area (Å²) in [7, 11) is 0. The van der Waals surface area contributed by atoms with E-state index in [1.807, 2.05) is 31.9 Å². The van der Waals surface area contributed by atoms with Crippen LogP contribution in [0, 0.1) is 0 Å². The van der Waals surface area contributed by atoms with Gasteiger partial charge in [0.05, 0.1) is 12.2 Å². The molecule has 1 heterocycles. The van der Waals surface area contributed by atoms with Crippen LogP contribution < -0.4 is 5.32 Å². The Bertz CT molecular complexity index is 479. The fraction of sp³-hybridized carbons (Fsp3) is 0.750. The number of carbonyl (C=O) groups is 1. The van der Waals surface area contributed by atoms with Gasteiger partial charge >= 0.3 is 0 Å². The molecule has 0 bridgehead atoms. The Kier molecular flexibility index (Phi) is 5.39. The number of aromatic nitrogens is 2. The smallest absolute Gasteiger partial charge is 0.239 e. The molecule has 1 aromatic rings. The maximum atomic E-state index is 12.4. The van der Waals surface area contributed by atoms with Crippen molar-refractivity contribution in [1.29, 1.82) is 0 Å². The molecule has 0 aromatic carbocycles. The van der Waals surface area contributed by atoms with Crippen molar-refractivity contribution in [2.75, 3.05) is 13.1 Å². The quantitative estimate of drug-likeness (QED) is 0.874. The summed E-state index contributed by atoms with van der Waals surface area (Å²) in [4.78, 5) is 14.3. The van der Waals surface area contributed by atoms with Gasteiger partial charge < -0.3 is 4.90 Å². The van der Waals surface area contributed by atoms with E-state index in [-0.39, 0.29) is 18.0 Å². The first-order chi connectivity index (χ1) is 10.1. The van der Waals surface area contributed by atoms with E-state index in [2.05, 4.69) is 22.0 Å². The molecule has 1 aliphatic carbocycles. The van der Waals surface area contributed by atoms with Crippen LogP contribution in [-0.4, -0.2) is 39.7 Å². The van der Waals surface area contributed by atoms with Gasteiger partial charge in [-0.15, -0.1) is 0 Å². The third-order valence-corrected chi connectivity index (χ3v) is 4.46. The SMILES string of the molecule is CCN(CC)C(=O)[C@H](C)N[C@H]1CCCc2c1cnn2CC. The Morgan fingerprint density at radius 1 is 1.48 bits per heavy atom. The highest BCUT2D eigenvalue weighted by Gasteiger charge is 2.27. The average molecular weight is 292 g/mol. The highest BCUT2D eigenvalue weighted by molar-refractivity contribution is 5.81. The lowest BCUT2D eigenvalue weighted by atomic mass is 9.92. The molecule has 0 fully saturated rings. The van der Waals surface area contributed by atoms with Crippen molar-refractivity contribution < 1.29 is 4.79 Å². The number of fused-ring (bicyclic) bond motifs is 1. The summed E-state index contributed by atoms with van der Waals surface area (Å²) in [6.45, 7) is 10.6. The molecule has 5 heteroatoms. The van der Waals surface area contributed by atoms with Gasteiger partial charge in [-0.05, 0) is 47.0 Å². The van der Waals surface area contributed by atoms with E-state index in [9.17, 15) is 4.79 Å². The van der Waals surface area contributed by atoms with Gasteiger partial charge in [0.15, 0.2) is 0 Å². The van der Waals surface area contributed by atoms with Crippen LogP contribution in [0.3, 0.4) is 0 Å². The molecule has 1 aromatic heterocycles. The number of nitrogens with one attached hydrogen (secondary N) is 1. The molecule has 1 amide bonds. The van der Waals surface area contributed by atoms with E-state index < -0.39 is 0 Å². The normalized spacial score (nSPS) is 19.1. The number of hydrogen-bond acceptors (Lipinski definition) is 3. The summed E-state index contributed by atoms with van der Waals surface area (Å²) in [5, 5.41) is 7.98. The summed E-state index contributed by atoms with van der Waals surface area (Å²) in [6, 6.07) is 0.106. The van der Waals surface area contributed by atoms with Gasteiger partial charge in [0.2, 0.25) is 5.91 Å². The molecule has 0 spiro atoms. The van der Waals surface area contributed by atoms with Gasteiger partial charge in [-0.25, -0.2) is 0 Å². The average Bonchev–Trinajstić information content (AvgIpc) is 2.92. The van der Waals surface area contributed by atoms with E-state index in [0.29, 0.717) is 0 Å². The minimum absolute atomic E-state index is 0.147. The largest absolute Gasteiger partial charge is 0.342 e. The second kappa shape index (κ2) is 7.07. The Morgan fingerprint density at radius 2 is 2.19 bits per heavy atom. The highest BCUT2D eigenvalue weighted by Crippen LogP contribution is 2.30. The second-order valence-electron chi connectivity index (χ2n) is 5.71. The molecule has 0 aliphatic heterocycles. The first kappa shape index (κ1) is 16.0.